The van der Waals surface area contributed by atoms with Crippen LogP contribution in [-0.4, -0.2) is 19.0 Å². The predicted molar refractivity (Wildman–Crippen MR) is 26.0 cm³/mol. The maximum atomic E-state index is 7.04. The van der Waals surface area contributed by atoms with Gasteiger partial charge in [0.25, 0.3) is 0 Å². The smallest absolute Gasteiger partial charge is 0.162 e. The molecule has 2 nitrogen and oxygen atoms in total. The van der Waals surface area contributed by atoms with Gasteiger partial charge in [0.15, 0.2) is 5.79 Å². The van der Waals surface area contributed by atoms with E-state index in [9.17, 15) is 0 Å². The van der Waals surface area contributed by atoms with Crippen LogP contribution in [0.2, 0.25) is 0 Å². The fourth-order valence-corrected chi connectivity index (χ4v) is 0.503. The van der Waals surface area contributed by atoms with Gasteiger partial charge in [-0.1, -0.05) is 0 Å². The molecule has 1 atom stereocenters. The molecule has 1 saturated heterocycles. The monoisotopic (exact) mass is 104 g/mol. The molecule has 7 heavy (non-hydrogen) atoms. The highest BCUT2D eigenvalue weighted by Gasteiger charge is 2.23. The Balaban J connectivity index is 2.44. The minimum atomic E-state index is -0.521. The minimum Gasteiger partial charge on any atom is -0.348 e. The van der Waals surface area contributed by atoms with Crippen LogP contribution >= 0.6 is 0 Å². The largest absolute Gasteiger partial charge is 0.348 e. The Kier molecular flexibility index (Phi) is 0.804. The summed E-state index contributed by atoms with van der Waals surface area (Å²) < 4.78 is 17.1. The van der Waals surface area contributed by atoms with Crippen molar-refractivity contribution in [3.05, 3.63) is 0 Å². The van der Waals surface area contributed by atoms with E-state index in [0.717, 1.165) is 0 Å². The highest BCUT2D eigenvalue weighted by Crippen LogP contribution is 2.15. The molecule has 42 valence electrons. The first-order valence-corrected chi connectivity index (χ1v) is 2.34. The first-order chi connectivity index (χ1) is 3.60. The molecular weight excluding hydrogens is 92.1 g/mol. The zero-order valence-electron chi connectivity index (χ0n) is 5.60. The third kappa shape index (κ3) is 1.14. The Hall–Kier alpha value is -0.0800. The van der Waals surface area contributed by atoms with Gasteiger partial charge in [-0.3, -0.25) is 0 Å². The fourth-order valence-electron chi connectivity index (χ4n) is 0.503. The van der Waals surface area contributed by atoms with Crippen molar-refractivity contribution in [1.29, 1.82) is 0 Å². The topological polar surface area (TPSA) is 18.5 Å². The van der Waals surface area contributed by atoms with Gasteiger partial charge in [-0.15, -0.1) is 0 Å². The van der Waals surface area contributed by atoms with E-state index in [1.54, 1.807) is 0 Å². The van der Waals surface area contributed by atoms with Gasteiger partial charge in [-0.25, -0.2) is 0 Å². The highest BCUT2D eigenvalue weighted by atomic mass is 16.7. The van der Waals surface area contributed by atoms with Crippen LogP contribution in [0, 0.1) is 0 Å². The summed E-state index contributed by atoms with van der Waals surface area (Å²) in [5.41, 5.74) is 0. The molecule has 0 aromatic rings. The number of hydrogen-bond acceptors (Lipinski definition) is 2. The molecule has 2 heteroatoms. The van der Waals surface area contributed by atoms with Crippen molar-refractivity contribution in [2.45, 2.75) is 19.6 Å². The second kappa shape index (κ2) is 1.46. The molecule has 0 radical (unpaired) electrons. The maximum Gasteiger partial charge on any atom is 0.162 e. The summed E-state index contributed by atoms with van der Waals surface area (Å²) in [6.45, 7) is 3.53. The van der Waals surface area contributed by atoms with Gasteiger partial charge in [0, 0.05) is 0 Å². The number of rotatable bonds is 0. The first-order valence-electron chi connectivity index (χ1n) is 2.92. The molecule has 1 aliphatic rings. The van der Waals surface area contributed by atoms with Crippen LogP contribution in [0.4, 0.5) is 0 Å². The van der Waals surface area contributed by atoms with Crippen molar-refractivity contribution < 1.29 is 10.8 Å². The van der Waals surface area contributed by atoms with E-state index in [-0.39, 0.29) is 0 Å². The highest BCUT2D eigenvalue weighted by molar-refractivity contribution is 4.58. The van der Waals surface area contributed by atoms with Gasteiger partial charge < -0.3 is 9.47 Å². The minimum absolute atomic E-state index is 0.396. The van der Waals surface area contributed by atoms with Crippen LogP contribution in [0.5, 0.6) is 0 Å². The maximum absolute atomic E-state index is 7.04. The van der Waals surface area contributed by atoms with E-state index in [1.165, 1.54) is 0 Å². The van der Waals surface area contributed by atoms with Crippen molar-refractivity contribution in [3.8, 4) is 0 Å². The van der Waals surface area contributed by atoms with E-state index in [2.05, 4.69) is 0 Å². The Morgan fingerprint density at radius 3 is 2.43 bits per heavy atom. The lowest BCUT2D eigenvalue weighted by Gasteiger charge is -2.13. The van der Waals surface area contributed by atoms with Crippen LogP contribution in [0.3, 0.4) is 0 Å². The van der Waals surface area contributed by atoms with Crippen molar-refractivity contribution in [2.24, 2.45) is 0 Å². The Morgan fingerprint density at radius 1 is 1.57 bits per heavy atom. The summed E-state index contributed by atoms with van der Waals surface area (Å²) >= 11 is 0. The molecule has 0 unspecified atom stereocenters. The van der Waals surface area contributed by atoms with Crippen LogP contribution in [0.25, 0.3) is 0 Å². The number of hydrogen-bond donors (Lipinski definition) is 0. The molecular formula is C5H10O2. The summed E-state index contributed by atoms with van der Waals surface area (Å²) in [5, 5.41) is 0. The van der Waals surface area contributed by atoms with Gasteiger partial charge in [-0.2, -0.15) is 0 Å². The second-order valence-electron chi connectivity index (χ2n) is 2.00. The third-order valence-electron chi connectivity index (χ3n) is 0.866. The lowest BCUT2D eigenvalue weighted by Crippen LogP contribution is -2.18. The zero-order valence-corrected chi connectivity index (χ0v) is 4.60. The van der Waals surface area contributed by atoms with Crippen LogP contribution in [0.15, 0.2) is 0 Å². The molecule has 0 saturated carbocycles. The average Bonchev–Trinajstić information content (AvgIpc) is 1.82. The van der Waals surface area contributed by atoms with Crippen LogP contribution in [-0.2, 0) is 9.47 Å². The Bertz CT molecular complexity index is 92.4. The van der Waals surface area contributed by atoms with Gasteiger partial charge >= 0.3 is 0 Å². The summed E-state index contributed by atoms with van der Waals surface area (Å²) in [6, 6.07) is 0. The van der Waals surface area contributed by atoms with Crippen molar-refractivity contribution in [2.75, 3.05) is 13.2 Å². The Labute approximate surface area is 44.8 Å². The van der Waals surface area contributed by atoms with Crippen molar-refractivity contribution >= 4 is 0 Å². The average molecular weight is 104 g/mol. The first kappa shape index (κ1) is 3.87. The van der Waals surface area contributed by atoms with E-state index in [1.807, 2.05) is 13.8 Å². The normalized spacial score (nSPS) is 40.9. The molecule has 1 aliphatic heterocycles. The van der Waals surface area contributed by atoms with Crippen LogP contribution in [0.1, 0.15) is 15.2 Å². The van der Waals surface area contributed by atoms with E-state index in [4.69, 9.17) is 10.8 Å². The standard InChI is InChI=1S/C5H10O2/c1-5(2)6-3-4-7-5/h3-4H2,1-2H3/i3T/t3-/m0/s1. The van der Waals surface area contributed by atoms with E-state index >= 15 is 0 Å². The lowest BCUT2D eigenvalue weighted by molar-refractivity contribution is -0.125. The molecule has 1 fully saturated rings. The molecule has 0 N–H and O–H groups in total. The van der Waals surface area contributed by atoms with Gasteiger partial charge in [0.05, 0.1) is 14.6 Å². The summed E-state index contributed by atoms with van der Waals surface area (Å²) in [5.74, 6) is -0.521. The van der Waals surface area contributed by atoms with E-state index in [0.29, 0.717) is 6.61 Å². The molecule has 1 heterocycles. The molecule has 0 aliphatic carbocycles. The molecule has 0 amide bonds. The summed E-state index contributed by atoms with van der Waals surface area (Å²) in [6.07, 6.45) is 0. The summed E-state index contributed by atoms with van der Waals surface area (Å²) in [7, 11) is 0. The molecule has 0 aromatic heterocycles. The van der Waals surface area contributed by atoms with Crippen LogP contribution < -0.4 is 0 Å². The van der Waals surface area contributed by atoms with Gasteiger partial charge in [0.1, 0.15) is 0 Å². The number of ether oxygens (including phenoxy) is 2. The quantitative estimate of drug-likeness (QED) is 0.452. The lowest BCUT2D eigenvalue weighted by atomic mass is 10.4. The molecule has 0 aromatic carbocycles. The SMILES string of the molecule is [3H][C@H]1COC(C)(C)O1. The zero-order chi connectivity index (χ0) is 6.20. The van der Waals surface area contributed by atoms with Gasteiger partial charge in [-0.05, 0) is 13.8 Å². The van der Waals surface area contributed by atoms with E-state index < -0.39 is 12.4 Å². The van der Waals surface area contributed by atoms with Crippen molar-refractivity contribution in [1.82, 2.24) is 0 Å². The Morgan fingerprint density at radius 2 is 2.29 bits per heavy atom. The second-order valence-corrected chi connectivity index (χ2v) is 2.00. The summed E-state index contributed by atoms with van der Waals surface area (Å²) in [4.78, 5) is 0. The molecule has 0 bridgehead atoms. The molecule has 1 rings (SSSR count). The van der Waals surface area contributed by atoms with Gasteiger partial charge in [0.2, 0.25) is 0 Å². The predicted octanol–water partition coefficient (Wildman–Crippen LogP) is 0.769. The third-order valence-corrected chi connectivity index (χ3v) is 0.866. The van der Waals surface area contributed by atoms with Crippen molar-refractivity contribution in [3.63, 3.8) is 0 Å². The fraction of sp³-hybridized carbons (Fsp3) is 1.00. The molecule has 0 spiro atoms.